The summed E-state index contributed by atoms with van der Waals surface area (Å²) in [7, 11) is -1.68. The fourth-order valence-electron chi connectivity index (χ4n) is 6.04. The van der Waals surface area contributed by atoms with E-state index in [1.807, 2.05) is 54.6 Å². The summed E-state index contributed by atoms with van der Waals surface area (Å²) in [5.41, 5.74) is 3.01. The summed E-state index contributed by atoms with van der Waals surface area (Å²) in [6.07, 6.45) is 1.79. The van der Waals surface area contributed by atoms with E-state index in [-0.39, 0.29) is 25.0 Å². The van der Waals surface area contributed by atoms with Crippen molar-refractivity contribution < 1.29 is 62.7 Å². The first-order valence-corrected chi connectivity index (χ1v) is 25.6. The fraction of sp³-hybridized carbons (Fsp3) is 0.300. The summed E-state index contributed by atoms with van der Waals surface area (Å²) < 4.78 is 69.3. The number of hydrogen-bond donors (Lipinski definition) is 4. The van der Waals surface area contributed by atoms with Crippen LogP contribution in [0, 0.1) is 10.8 Å². The van der Waals surface area contributed by atoms with Gasteiger partial charge in [0, 0.05) is 103 Å². The highest BCUT2D eigenvalue weighted by Gasteiger charge is 2.56. The average Bonchev–Trinajstić information content (AvgIpc) is 3.30. The van der Waals surface area contributed by atoms with E-state index in [1.54, 1.807) is 42.5 Å². The van der Waals surface area contributed by atoms with Crippen LogP contribution in [-0.2, 0) is 75.9 Å². The van der Waals surface area contributed by atoms with Gasteiger partial charge in [0.25, 0.3) is 0 Å². The zero-order valence-corrected chi connectivity index (χ0v) is 40.5. The second kappa shape index (κ2) is 24.8. The highest BCUT2D eigenvalue weighted by atomic mass is 28.5. The second-order valence-corrected chi connectivity index (χ2v) is 24.5. The lowest BCUT2D eigenvalue weighted by Crippen LogP contribution is -2.68. The molecular weight excluding hydrogens is 873 g/mol. The van der Waals surface area contributed by atoms with Gasteiger partial charge in [-0.3, -0.25) is 20.4 Å². The molecule has 0 aliphatic heterocycles. The van der Waals surface area contributed by atoms with Crippen LogP contribution >= 0.6 is 0 Å². The molecular formula is C40H56N4O14Si4. The van der Waals surface area contributed by atoms with Gasteiger partial charge in [-0.05, 0) is 35.4 Å². The summed E-state index contributed by atoms with van der Waals surface area (Å²) in [5, 5.41) is 22.2. The molecule has 0 heterocycles. The molecule has 0 saturated heterocycles. The minimum atomic E-state index is -3.49. The Hall–Kier alpha value is -4.77. The molecule has 0 unspecified atom stereocenters. The van der Waals surface area contributed by atoms with E-state index in [1.165, 1.54) is 70.7 Å². The highest BCUT2D eigenvalue weighted by Crippen LogP contribution is 2.22. The van der Waals surface area contributed by atoms with Gasteiger partial charge in [0.2, 0.25) is 11.8 Å². The molecule has 62 heavy (non-hydrogen) atoms. The number of carbonyl (C=O) groups excluding carboxylic acids is 2. The minimum absolute atomic E-state index is 0.161. The van der Waals surface area contributed by atoms with Crippen molar-refractivity contribution in [1.82, 2.24) is 0 Å². The molecule has 22 heteroatoms. The number of anilines is 2. The molecule has 4 N–H and O–H groups in total. The Morgan fingerprint density at radius 2 is 0.790 bits per heavy atom. The van der Waals surface area contributed by atoms with Crippen molar-refractivity contribution in [1.29, 1.82) is 10.8 Å². The van der Waals surface area contributed by atoms with Crippen LogP contribution in [0.1, 0.15) is 25.0 Å². The molecule has 0 bridgehead atoms. The molecule has 336 valence electrons. The largest absolute Gasteiger partial charge is 0.529 e. The Bertz CT molecular complexity index is 2020. The van der Waals surface area contributed by atoms with Crippen molar-refractivity contribution in [3.8, 4) is 0 Å². The lowest BCUT2D eigenvalue weighted by molar-refractivity contribution is -0.115. The maximum absolute atomic E-state index is 11.5. The van der Waals surface area contributed by atoms with E-state index in [0.29, 0.717) is 26.9 Å². The molecule has 18 nitrogen and oxygen atoms in total. The first-order valence-electron chi connectivity index (χ1n) is 18.7. The smallest absolute Gasteiger partial charge is 0.479 e. The monoisotopic (exact) mass is 928 g/mol. The summed E-state index contributed by atoms with van der Waals surface area (Å²) in [4.78, 5) is 22.8. The maximum atomic E-state index is 11.5. The lowest BCUT2D eigenvalue weighted by Gasteiger charge is -2.36. The molecule has 2 amide bonds. The van der Waals surface area contributed by atoms with Gasteiger partial charge in [0.1, 0.15) is 13.2 Å². The van der Waals surface area contributed by atoms with Crippen LogP contribution in [0.2, 0.25) is 0 Å². The topological polar surface area (TPSA) is 217 Å². The van der Waals surface area contributed by atoms with Crippen LogP contribution in [0.15, 0.2) is 97.1 Å². The molecule has 0 aliphatic carbocycles. The highest BCUT2D eigenvalue weighted by molar-refractivity contribution is 6.89. The molecule has 0 aliphatic rings. The summed E-state index contributed by atoms with van der Waals surface area (Å²) in [5.74, 6) is -0.351. The van der Waals surface area contributed by atoms with E-state index < -0.39 is 35.2 Å². The molecule has 4 aromatic rings. The van der Waals surface area contributed by atoms with Crippen LogP contribution in [0.4, 0.5) is 11.4 Å². The zero-order chi connectivity index (χ0) is 45.8. The van der Waals surface area contributed by atoms with Crippen molar-refractivity contribution in [2.24, 2.45) is 0 Å². The van der Waals surface area contributed by atoms with Gasteiger partial charge >= 0.3 is 35.2 Å². The van der Waals surface area contributed by atoms with E-state index in [0.717, 1.165) is 29.1 Å². The standard InChI is InChI=1S/2C20H28N2O7Si2/c1-16(23)22-18-8-12-20(13-9-18)31(26-4,27-5)29-30(24-2,25-3)19-10-6-17(7-11-19)14-28-15-21;1-16(23)22-18-7-6-8-20(13-18)31(26-4,27-5)29-30(24-2,25-3)19-11-9-17(10-12-19)14-28-15-21/h2*6-13,15,21H,14H2,1-5H3,(H,22,23). The normalized spacial score (nSPS) is 11.8. The molecule has 0 saturated carbocycles. The minimum Gasteiger partial charge on any atom is -0.479 e. The third-order valence-electron chi connectivity index (χ3n) is 9.06. The van der Waals surface area contributed by atoms with Crippen LogP contribution in [-0.4, -0.2) is 117 Å². The Labute approximate surface area is 367 Å². The maximum Gasteiger partial charge on any atom is 0.529 e. The van der Waals surface area contributed by atoms with Crippen LogP contribution in [0.3, 0.4) is 0 Å². The predicted octanol–water partition coefficient (Wildman–Crippen LogP) is 2.73. The molecule has 0 fully saturated rings. The average molecular weight is 929 g/mol. The van der Waals surface area contributed by atoms with Gasteiger partial charge in [-0.25, -0.2) is 0 Å². The van der Waals surface area contributed by atoms with E-state index in [2.05, 4.69) is 10.6 Å². The Balaban J connectivity index is 0.000000330. The van der Waals surface area contributed by atoms with Crippen LogP contribution in [0.5, 0.6) is 0 Å². The van der Waals surface area contributed by atoms with Crippen molar-refractivity contribution >= 4 is 92.0 Å². The number of carbonyl (C=O) groups is 2. The van der Waals surface area contributed by atoms with Gasteiger partial charge in [-0.1, -0.05) is 72.8 Å². The lowest BCUT2D eigenvalue weighted by atomic mass is 10.2. The molecule has 0 atom stereocenters. The number of nitrogens with one attached hydrogen (secondary N) is 4. The molecule has 0 aromatic heterocycles. The van der Waals surface area contributed by atoms with E-state index >= 15 is 0 Å². The molecule has 4 rings (SSSR count). The number of rotatable bonds is 24. The zero-order valence-electron chi connectivity index (χ0n) is 36.5. The SMILES string of the molecule is CO[Si](OC)(O[Si](OC)(OC)c1ccc(NC(C)=O)cc1)c1ccc(COC=N)cc1.CO[Si](OC)(O[Si](OC)(OC)c1cccc(NC(C)=O)c1)c1ccc(COC=N)cc1. The van der Waals surface area contributed by atoms with Crippen molar-refractivity contribution in [3.05, 3.63) is 108 Å². The number of amides is 2. The third kappa shape index (κ3) is 13.1. The van der Waals surface area contributed by atoms with Crippen LogP contribution in [0.25, 0.3) is 0 Å². The van der Waals surface area contributed by atoms with Crippen LogP contribution < -0.4 is 31.4 Å². The van der Waals surface area contributed by atoms with Gasteiger partial charge in [0.05, 0.1) is 0 Å². The number of hydrogen-bond acceptors (Lipinski definition) is 16. The summed E-state index contributed by atoms with van der Waals surface area (Å²) >= 11 is 0. The number of ether oxygens (including phenoxy) is 2. The first-order chi connectivity index (χ1) is 29.8. The van der Waals surface area contributed by atoms with Gasteiger partial charge in [0.15, 0.2) is 12.8 Å². The Morgan fingerprint density at radius 1 is 0.468 bits per heavy atom. The Kier molecular flexibility index (Phi) is 20.6. The predicted molar refractivity (Wildman–Crippen MR) is 241 cm³/mol. The molecule has 0 radical (unpaired) electrons. The Morgan fingerprint density at radius 3 is 1.11 bits per heavy atom. The summed E-state index contributed by atoms with van der Waals surface area (Å²) in [6.45, 7) is 3.45. The fourth-order valence-corrected chi connectivity index (χ4v) is 18.3. The molecule has 0 spiro atoms. The quantitative estimate of drug-likeness (QED) is 0.0452. The number of benzene rings is 4. The second-order valence-electron chi connectivity index (χ2n) is 12.8. The van der Waals surface area contributed by atoms with Crippen molar-refractivity contribution in [2.75, 3.05) is 67.5 Å². The van der Waals surface area contributed by atoms with Gasteiger partial charge < -0.3 is 63.7 Å². The van der Waals surface area contributed by atoms with Gasteiger partial charge in [-0.2, -0.15) is 0 Å². The van der Waals surface area contributed by atoms with Crippen molar-refractivity contribution in [3.63, 3.8) is 0 Å². The van der Waals surface area contributed by atoms with E-state index in [9.17, 15) is 9.59 Å². The van der Waals surface area contributed by atoms with Crippen molar-refractivity contribution in [2.45, 2.75) is 27.1 Å². The van der Waals surface area contributed by atoms with E-state index in [4.69, 9.17) is 63.9 Å². The first kappa shape index (κ1) is 51.6. The van der Waals surface area contributed by atoms with Gasteiger partial charge in [-0.15, -0.1) is 0 Å². The summed E-state index contributed by atoms with van der Waals surface area (Å²) in [6, 6.07) is 28.9. The molecule has 4 aromatic carbocycles. The third-order valence-corrected chi connectivity index (χ3v) is 21.8.